The van der Waals surface area contributed by atoms with Gasteiger partial charge >= 0.3 is 0 Å². The number of rotatable bonds is 6. The first-order valence-corrected chi connectivity index (χ1v) is 6.51. The zero-order valence-corrected chi connectivity index (χ0v) is 11.8. The van der Waals surface area contributed by atoms with Crippen molar-refractivity contribution in [3.8, 4) is 5.75 Å². The topological polar surface area (TPSA) is 38.3 Å². The van der Waals surface area contributed by atoms with Crippen molar-refractivity contribution in [2.75, 3.05) is 7.11 Å². The van der Waals surface area contributed by atoms with E-state index >= 15 is 0 Å². The van der Waals surface area contributed by atoms with Crippen LogP contribution in [-0.4, -0.2) is 24.4 Å². The second-order valence-electron chi connectivity index (χ2n) is 4.51. The minimum atomic E-state index is 0.00747. The molecule has 2 unspecified atom stereocenters. The van der Waals surface area contributed by atoms with E-state index in [-0.39, 0.29) is 17.3 Å². The molecule has 4 heteroatoms. The zero-order chi connectivity index (χ0) is 13.5. The highest BCUT2D eigenvalue weighted by Gasteiger charge is 2.10. The molecule has 1 aromatic rings. The number of amides is 1. The van der Waals surface area contributed by atoms with Crippen molar-refractivity contribution >= 4 is 17.5 Å². The lowest BCUT2D eigenvalue weighted by Gasteiger charge is -2.15. The number of hydrogen-bond donors (Lipinski definition) is 1. The van der Waals surface area contributed by atoms with Crippen molar-refractivity contribution in [1.29, 1.82) is 0 Å². The van der Waals surface area contributed by atoms with Crippen LogP contribution >= 0.6 is 11.6 Å². The van der Waals surface area contributed by atoms with Crippen molar-refractivity contribution in [3.05, 3.63) is 29.8 Å². The fourth-order valence-corrected chi connectivity index (χ4v) is 2.11. The third-order valence-corrected chi connectivity index (χ3v) is 2.76. The first kappa shape index (κ1) is 14.8. The first-order chi connectivity index (χ1) is 8.51. The molecule has 0 aromatic heterocycles. The Hall–Kier alpha value is -1.22. The summed E-state index contributed by atoms with van der Waals surface area (Å²) in [6.45, 7) is 3.88. The predicted molar refractivity (Wildman–Crippen MR) is 74.2 cm³/mol. The van der Waals surface area contributed by atoms with Crippen LogP contribution in [-0.2, 0) is 11.2 Å². The summed E-state index contributed by atoms with van der Waals surface area (Å²) in [5.74, 6) is 0.774. The smallest absolute Gasteiger partial charge is 0.224 e. The van der Waals surface area contributed by atoms with Gasteiger partial charge in [-0.1, -0.05) is 12.1 Å². The quantitative estimate of drug-likeness (QED) is 0.807. The fourth-order valence-electron chi connectivity index (χ4n) is 1.84. The molecule has 0 fully saturated rings. The normalized spacial score (nSPS) is 13.8. The average molecular weight is 270 g/mol. The van der Waals surface area contributed by atoms with E-state index < -0.39 is 0 Å². The summed E-state index contributed by atoms with van der Waals surface area (Å²) in [6, 6.07) is 7.62. The number of ether oxygens (including phenoxy) is 1. The number of methoxy groups -OCH3 is 1. The minimum absolute atomic E-state index is 0.00747. The standard InChI is InChI=1S/C14H20ClNO2/c1-10(15)7-11(2)16-14(17)9-12-5-4-6-13(8-12)18-3/h4-6,8,10-11H,7,9H2,1-3H3,(H,16,17). The molecule has 0 aliphatic heterocycles. The van der Waals surface area contributed by atoms with Crippen molar-refractivity contribution in [2.45, 2.75) is 38.1 Å². The van der Waals surface area contributed by atoms with E-state index in [0.717, 1.165) is 17.7 Å². The highest BCUT2D eigenvalue weighted by Crippen LogP contribution is 2.13. The Kier molecular flexibility index (Phi) is 5.99. The molecule has 0 aliphatic rings. The third-order valence-electron chi connectivity index (χ3n) is 2.58. The van der Waals surface area contributed by atoms with Crippen LogP contribution < -0.4 is 10.1 Å². The Balaban J connectivity index is 2.48. The van der Waals surface area contributed by atoms with Gasteiger partial charge in [0.2, 0.25) is 5.91 Å². The summed E-state index contributed by atoms with van der Waals surface area (Å²) in [5, 5.41) is 3.00. The molecule has 18 heavy (non-hydrogen) atoms. The summed E-state index contributed by atoms with van der Waals surface area (Å²) in [6.07, 6.45) is 1.13. The molecule has 1 rings (SSSR count). The largest absolute Gasteiger partial charge is 0.497 e. The molecular weight excluding hydrogens is 250 g/mol. The number of benzene rings is 1. The van der Waals surface area contributed by atoms with Crippen LogP contribution in [0, 0.1) is 0 Å². The van der Waals surface area contributed by atoms with Crippen molar-refractivity contribution < 1.29 is 9.53 Å². The second-order valence-corrected chi connectivity index (χ2v) is 5.26. The molecule has 1 N–H and O–H groups in total. The lowest BCUT2D eigenvalue weighted by atomic mass is 10.1. The van der Waals surface area contributed by atoms with Crippen molar-refractivity contribution in [1.82, 2.24) is 5.32 Å². The van der Waals surface area contributed by atoms with Crippen molar-refractivity contribution in [3.63, 3.8) is 0 Å². The molecule has 100 valence electrons. The van der Waals surface area contributed by atoms with Gasteiger partial charge in [0.1, 0.15) is 5.75 Å². The van der Waals surface area contributed by atoms with Gasteiger partial charge in [0.25, 0.3) is 0 Å². The SMILES string of the molecule is COc1cccc(CC(=O)NC(C)CC(C)Cl)c1. The number of carbonyl (C=O) groups excluding carboxylic acids is 1. The highest BCUT2D eigenvalue weighted by molar-refractivity contribution is 6.20. The Morgan fingerprint density at radius 3 is 2.78 bits per heavy atom. The molecule has 1 aromatic carbocycles. The predicted octanol–water partition coefficient (Wildman–Crippen LogP) is 2.76. The van der Waals surface area contributed by atoms with Crippen LogP contribution in [0.25, 0.3) is 0 Å². The van der Waals surface area contributed by atoms with E-state index in [1.165, 1.54) is 0 Å². The number of halogens is 1. The zero-order valence-electron chi connectivity index (χ0n) is 11.1. The Bertz CT molecular complexity index is 393. The summed E-state index contributed by atoms with van der Waals surface area (Å²) in [7, 11) is 1.61. The average Bonchev–Trinajstić information content (AvgIpc) is 2.27. The third kappa shape index (κ3) is 5.41. The van der Waals surface area contributed by atoms with Gasteiger partial charge in [-0.3, -0.25) is 4.79 Å². The van der Waals surface area contributed by atoms with Gasteiger partial charge in [0.05, 0.1) is 13.5 Å². The van der Waals surface area contributed by atoms with Crippen molar-refractivity contribution in [2.24, 2.45) is 0 Å². The number of carbonyl (C=O) groups is 1. The van der Waals surface area contributed by atoms with Crippen LogP contribution in [0.1, 0.15) is 25.8 Å². The molecule has 0 aliphatic carbocycles. The number of alkyl halides is 1. The van der Waals surface area contributed by atoms with E-state index in [9.17, 15) is 4.79 Å². The minimum Gasteiger partial charge on any atom is -0.497 e. The van der Waals surface area contributed by atoms with Gasteiger partial charge in [-0.05, 0) is 38.0 Å². The van der Waals surface area contributed by atoms with Crippen LogP contribution in [0.3, 0.4) is 0 Å². The van der Waals surface area contributed by atoms with Gasteiger partial charge in [0, 0.05) is 11.4 Å². The fraction of sp³-hybridized carbons (Fsp3) is 0.500. The maximum absolute atomic E-state index is 11.8. The molecule has 0 saturated carbocycles. The summed E-state index contributed by atoms with van der Waals surface area (Å²) >= 11 is 5.89. The summed E-state index contributed by atoms with van der Waals surface area (Å²) in [5.41, 5.74) is 0.943. The lowest BCUT2D eigenvalue weighted by molar-refractivity contribution is -0.121. The molecule has 1 amide bonds. The van der Waals surface area contributed by atoms with Crippen LogP contribution in [0.5, 0.6) is 5.75 Å². The molecule has 0 spiro atoms. The summed E-state index contributed by atoms with van der Waals surface area (Å²) < 4.78 is 5.12. The second kappa shape index (κ2) is 7.27. The Morgan fingerprint density at radius 2 is 2.17 bits per heavy atom. The Labute approximate surface area is 113 Å². The van der Waals surface area contributed by atoms with E-state index in [4.69, 9.17) is 16.3 Å². The van der Waals surface area contributed by atoms with E-state index in [1.807, 2.05) is 38.1 Å². The molecule has 3 nitrogen and oxygen atoms in total. The van der Waals surface area contributed by atoms with Crippen LogP contribution in [0.2, 0.25) is 0 Å². The van der Waals surface area contributed by atoms with Gasteiger partial charge in [-0.25, -0.2) is 0 Å². The van der Waals surface area contributed by atoms with Gasteiger partial charge in [0.15, 0.2) is 0 Å². The maximum Gasteiger partial charge on any atom is 0.224 e. The first-order valence-electron chi connectivity index (χ1n) is 6.07. The van der Waals surface area contributed by atoms with Gasteiger partial charge in [-0.15, -0.1) is 11.6 Å². The highest BCUT2D eigenvalue weighted by atomic mass is 35.5. The molecular formula is C14H20ClNO2. The van der Waals surface area contributed by atoms with E-state index in [1.54, 1.807) is 7.11 Å². The summed E-state index contributed by atoms with van der Waals surface area (Å²) in [4.78, 5) is 11.8. The number of hydrogen-bond acceptors (Lipinski definition) is 2. The molecule has 0 radical (unpaired) electrons. The molecule has 0 saturated heterocycles. The van der Waals surface area contributed by atoms with Crippen LogP contribution in [0.4, 0.5) is 0 Å². The lowest BCUT2D eigenvalue weighted by Crippen LogP contribution is -2.34. The number of nitrogens with one attached hydrogen (secondary N) is 1. The van der Waals surface area contributed by atoms with E-state index in [2.05, 4.69) is 5.32 Å². The maximum atomic E-state index is 11.8. The molecule has 0 bridgehead atoms. The van der Waals surface area contributed by atoms with Crippen LogP contribution in [0.15, 0.2) is 24.3 Å². The van der Waals surface area contributed by atoms with Gasteiger partial charge < -0.3 is 10.1 Å². The van der Waals surface area contributed by atoms with Gasteiger partial charge in [-0.2, -0.15) is 0 Å². The molecule has 0 heterocycles. The van der Waals surface area contributed by atoms with E-state index in [0.29, 0.717) is 6.42 Å². The Morgan fingerprint density at radius 1 is 1.44 bits per heavy atom. The molecule has 2 atom stereocenters. The monoisotopic (exact) mass is 269 g/mol.